The van der Waals surface area contributed by atoms with Crippen LogP contribution in [-0.4, -0.2) is 41.3 Å². The second kappa shape index (κ2) is 7.45. The van der Waals surface area contributed by atoms with Crippen LogP contribution in [0.4, 0.5) is 10.2 Å². The van der Waals surface area contributed by atoms with E-state index >= 15 is 0 Å². The van der Waals surface area contributed by atoms with E-state index in [1.807, 2.05) is 6.92 Å². The highest BCUT2D eigenvalue weighted by Gasteiger charge is 2.14. The van der Waals surface area contributed by atoms with Gasteiger partial charge in [0.2, 0.25) is 0 Å². The Hall–Kier alpha value is -0.990. The molecule has 0 saturated carbocycles. The van der Waals surface area contributed by atoms with E-state index in [-0.39, 0.29) is 36.5 Å². The summed E-state index contributed by atoms with van der Waals surface area (Å²) in [5.74, 6) is 0. The monoisotopic (exact) mass is 323 g/mol. The number of anilines is 1. The summed E-state index contributed by atoms with van der Waals surface area (Å²) in [4.78, 5) is 11.7. The van der Waals surface area contributed by atoms with Gasteiger partial charge in [0, 0.05) is 6.61 Å². The van der Waals surface area contributed by atoms with Crippen LogP contribution in [0.5, 0.6) is 0 Å². The third-order valence-corrected chi connectivity index (χ3v) is 2.92. The summed E-state index contributed by atoms with van der Waals surface area (Å²) < 4.78 is 19.9. The van der Waals surface area contributed by atoms with Gasteiger partial charge in [-0.15, -0.1) is 0 Å². The highest BCUT2D eigenvalue weighted by molar-refractivity contribution is 9.10. The highest BCUT2D eigenvalue weighted by atomic mass is 79.9. The molecule has 102 valence electrons. The summed E-state index contributed by atoms with van der Waals surface area (Å²) in [6.07, 6.45) is 1.23. The Labute approximate surface area is 112 Å². The van der Waals surface area contributed by atoms with Crippen molar-refractivity contribution in [2.45, 2.75) is 13.5 Å². The van der Waals surface area contributed by atoms with Gasteiger partial charge in [0.15, 0.2) is 0 Å². The molecule has 8 heteroatoms. The molecular weight excluding hydrogens is 309 g/mol. The van der Waals surface area contributed by atoms with Crippen LogP contribution >= 0.6 is 15.9 Å². The van der Waals surface area contributed by atoms with Gasteiger partial charge >= 0.3 is 0 Å². The second-order valence-corrected chi connectivity index (χ2v) is 4.17. The minimum Gasteiger partial charge on any atom is -0.394 e. The van der Waals surface area contributed by atoms with Gasteiger partial charge in [-0.2, -0.15) is 5.10 Å². The van der Waals surface area contributed by atoms with Crippen LogP contribution in [0.1, 0.15) is 6.92 Å². The number of hydrogen-bond acceptors (Lipinski definition) is 5. The molecule has 6 nitrogen and oxygen atoms in total. The van der Waals surface area contributed by atoms with Gasteiger partial charge < -0.3 is 9.84 Å². The van der Waals surface area contributed by atoms with Crippen LogP contribution in [0, 0.1) is 0 Å². The van der Waals surface area contributed by atoms with Gasteiger partial charge in [0.05, 0.1) is 32.5 Å². The van der Waals surface area contributed by atoms with Crippen LogP contribution < -0.4 is 10.7 Å². The summed E-state index contributed by atoms with van der Waals surface area (Å²) in [5, 5.41) is 12.9. The van der Waals surface area contributed by atoms with E-state index in [1.54, 1.807) is 0 Å². The Morgan fingerprint density at radius 3 is 3.00 bits per heavy atom. The molecule has 0 aliphatic carbocycles. The van der Waals surface area contributed by atoms with Crippen LogP contribution in [0.3, 0.4) is 0 Å². The topological polar surface area (TPSA) is 67.6 Å². The van der Waals surface area contributed by atoms with Gasteiger partial charge in [0.1, 0.15) is 10.2 Å². The fraction of sp³-hybridized carbons (Fsp3) is 0.600. The van der Waals surface area contributed by atoms with Crippen molar-refractivity contribution in [2.75, 3.05) is 31.5 Å². The summed E-state index contributed by atoms with van der Waals surface area (Å²) in [6.45, 7) is 2.42. The van der Waals surface area contributed by atoms with Crippen molar-refractivity contribution in [2.24, 2.45) is 0 Å². The molecule has 0 saturated heterocycles. The molecule has 1 heterocycles. The predicted molar refractivity (Wildman–Crippen MR) is 68.2 cm³/mol. The Morgan fingerprint density at radius 2 is 2.39 bits per heavy atom. The van der Waals surface area contributed by atoms with Crippen molar-refractivity contribution in [1.82, 2.24) is 9.78 Å². The van der Waals surface area contributed by atoms with E-state index in [0.717, 1.165) is 4.68 Å². The Bertz CT molecular complexity index is 441. The molecule has 18 heavy (non-hydrogen) atoms. The van der Waals surface area contributed by atoms with E-state index < -0.39 is 5.56 Å². The maximum absolute atomic E-state index is 13.7. The zero-order valence-corrected chi connectivity index (χ0v) is 11.6. The number of aliphatic hydroxyl groups excluding tert-OH is 1. The molecule has 1 rings (SSSR count). The largest absolute Gasteiger partial charge is 0.394 e. The van der Waals surface area contributed by atoms with Gasteiger partial charge in [-0.25, -0.2) is 9.80 Å². The molecule has 0 fully saturated rings. The van der Waals surface area contributed by atoms with E-state index in [2.05, 4.69) is 21.0 Å². The minimum atomic E-state index is -0.486. The second-order valence-electron chi connectivity index (χ2n) is 3.38. The highest BCUT2D eigenvalue weighted by Crippen LogP contribution is 2.21. The zero-order chi connectivity index (χ0) is 13.5. The van der Waals surface area contributed by atoms with E-state index in [0.29, 0.717) is 11.7 Å². The third-order valence-electron chi connectivity index (χ3n) is 2.18. The molecule has 0 aliphatic rings. The lowest BCUT2D eigenvalue weighted by Crippen LogP contribution is -2.28. The van der Waals surface area contributed by atoms with Gasteiger partial charge in [-0.05, 0) is 22.9 Å². The summed E-state index contributed by atoms with van der Waals surface area (Å²) in [5.41, 5.74) is -0.436. The molecule has 1 aromatic rings. The van der Waals surface area contributed by atoms with Gasteiger partial charge in [0.25, 0.3) is 5.56 Å². The first-order valence-corrected chi connectivity index (χ1v) is 6.28. The number of hydrogen-bond donors (Lipinski definition) is 1. The SMILES string of the molecule is CCOCCN(F)c1cnn(CCO)c(=O)c1Br. The first-order chi connectivity index (χ1) is 8.61. The van der Waals surface area contributed by atoms with Crippen molar-refractivity contribution >= 4 is 21.6 Å². The average Bonchev–Trinajstić information content (AvgIpc) is 2.35. The van der Waals surface area contributed by atoms with Crippen LogP contribution in [0.25, 0.3) is 0 Å². The third kappa shape index (κ3) is 3.76. The number of ether oxygens (including phenoxy) is 1. The van der Waals surface area contributed by atoms with Crippen LogP contribution in [-0.2, 0) is 11.3 Å². The molecule has 0 bridgehead atoms. The average molecular weight is 324 g/mol. The summed E-state index contributed by atoms with van der Waals surface area (Å²) in [6, 6.07) is 0. The van der Waals surface area contributed by atoms with Crippen molar-refractivity contribution in [1.29, 1.82) is 0 Å². The van der Waals surface area contributed by atoms with Gasteiger partial charge in [-0.1, -0.05) is 4.48 Å². The Kier molecular flexibility index (Phi) is 6.23. The van der Waals surface area contributed by atoms with E-state index in [9.17, 15) is 9.28 Å². The maximum Gasteiger partial charge on any atom is 0.283 e. The summed E-state index contributed by atoms with van der Waals surface area (Å²) in [7, 11) is 0. The zero-order valence-electron chi connectivity index (χ0n) is 9.97. The predicted octanol–water partition coefficient (Wildman–Crippen LogP) is 0.726. The first-order valence-electron chi connectivity index (χ1n) is 5.49. The lowest BCUT2D eigenvalue weighted by Gasteiger charge is -2.15. The molecule has 0 unspecified atom stereocenters. The Morgan fingerprint density at radius 1 is 1.67 bits per heavy atom. The standard InChI is InChI=1S/C10H15BrFN3O3/c1-2-18-6-4-14(12)8-7-13-15(3-5-16)10(17)9(8)11/h7,16H,2-6H2,1H3. The molecule has 0 amide bonds. The molecule has 0 radical (unpaired) electrons. The maximum atomic E-state index is 13.7. The van der Waals surface area contributed by atoms with Crippen molar-refractivity contribution in [3.05, 3.63) is 21.0 Å². The van der Waals surface area contributed by atoms with Gasteiger partial charge in [-0.3, -0.25) is 4.79 Å². The number of aromatic nitrogens is 2. The number of halogens is 2. The van der Waals surface area contributed by atoms with E-state index in [4.69, 9.17) is 9.84 Å². The van der Waals surface area contributed by atoms with Crippen molar-refractivity contribution in [3.8, 4) is 0 Å². The molecule has 1 aromatic heterocycles. The number of rotatable bonds is 7. The minimum absolute atomic E-state index is 0.0115. The molecule has 0 spiro atoms. The van der Waals surface area contributed by atoms with Crippen LogP contribution in [0.15, 0.2) is 15.5 Å². The number of nitrogens with zero attached hydrogens (tertiary/aromatic N) is 3. The fourth-order valence-electron chi connectivity index (χ4n) is 1.29. The smallest absolute Gasteiger partial charge is 0.283 e. The molecule has 0 aromatic carbocycles. The normalized spacial score (nSPS) is 10.7. The molecule has 1 N–H and O–H groups in total. The first kappa shape index (κ1) is 15.1. The fourth-order valence-corrected chi connectivity index (χ4v) is 1.79. The number of aliphatic hydroxyl groups is 1. The molecule has 0 atom stereocenters. The Balaban J connectivity index is 2.84. The molecular formula is C10H15BrFN3O3. The lowest BCUT2D eigenvalue weighted by molar-refractivity contribution is 0.145. The quantitative estimate of drug-likeness (QED) is 0.591. The van der Waals surface area contributed by atoms with Crippen molar-refractivity contribution < 1.29 is 14.3 Å². The summed E-state index contributed by atoms with van der Waals surface area (Å²) >= 11 is 3.03. The molecule has 0 aliphatic heterocycles. The lowest BCUT2D eigenvalue weighted by atomic mass is 10.4. The van der Waals surface area contributed by atoms with Crippen LogP contribution in [0.2, 0.25) is 0 Å². The van der Waals surface area contributed by atoms with E-state index in [1.165, 1.54) is 6.20 Å². The van der Waals surface area contributed by atoms with Crippen molar-refractivity contribution in [3.63, 3.8) is 0 Å².